The van der Waals surface area contributed by atoms with Gasteiger partial charge in [0.1, 0.15) is 5.54 Å². The summed E-state index contributed by atoms with van der Waals surface area (Å²) in [6, 6.07) is 13.9. The number of benzene rings is 2. The van der Waals surface area contributed by atoms with Gasteiger partial charge in [0.2, 0.25) is 0 Å². The summed E-state index contributed by atoms with van der Waals surface area (Å²) in [5.74, 6) is -0.820. The van der Waals surface area contributed by atoms with Crippen molar-refractivity contribution in [2.24, 2.45) is 0 Å². The van der Waals surface area contributed by atoms with Crippen LogP contribution in [0, 0.1) is 0 Å². The normalized spacial score (nSPS) is 19.3. The molecule has 0 spiro atoms. The largest absolute Gasteiger partial charge is 0.480 e. The molecule has 2 aromatic rings. The van der Waals surface area contributed by atoms with Crippen LogP contribution >= 0.6 is 0 Å². The highest BCUT2D eigenvalue weighted by Gasteiger charge is 2.42. The number of fused-ring (bicyclic) bond motifs is 1. The van der Waals surface area contributed by atoms with Gasteiger partial charge >= 0.3 is 5.97 Å². The molecule has 1 unspecified atom stereocenters. The van der Waals surface area contributed by atoms with Gasteiger partial charge < -0.3 is 9.84 Å². The van der Waals surface area contributed by atoms with E-state index in [2.05, 4.69) is 0 Å². The number of carboxylic acid groups (broad SMARTS) is 1. The van der Waals surface area contributed by atoms with Crippen LogP contribution in [0.2, 0.25) is 0 Å². The number of carbonyl (C=O) groups is 1. The molecule has 0 saturated carbocycles. The van der Waals surface area contributed by atoms with Gasteiger partial charge in [-0.05, 0) is 29.3 Å². The molecule has 0 amide bonds. The van der Waals surface area contributed by atoms with Crippen molar-refractivity contribution in [1.82, 2.24) is 4.90 Å². The maximum absolute atomic E-state index is 12.0. The Morgan fingerprint density at radius 2 is 1.81 bits per heavy atom. The SMILES string of the molecule is CC(C(=O)O)(c1ccc2ccccc2c1)N1CCOCC1. The number of carboxylic acids is 1. The molecule has 0 radical (unpaired) electrons. The fraction of sp³-hybridized carbons (Fsp3) is 0.353. The Kier molecular flexibility index (Phi) is 3.66. The van der Waals surface area contributed by atoms with Gasteiger partial charge in [-0.25, -0.2) is 4.79 Å². The highest BCUT2D eigenvalue weighted by atomic mass is 16.5. The molecule has 0 aromatic heterocycles. The number of ether oxygens (including phenoxy) is 1. The fourth-order valence-corrected chi connectivity index (χ4v) is 2.94. The van der Waals surface area contributed by atoms with Crippen molar-refractivity contribution < 1.29 is 14.6 Å². The van der Waals surface area contributed by atoms with Crippen LogP contribution in [0.15, 0.2) is 42.5 Å². The van der Waals surface area contributed by atoms with Gasteiger partial charge in [0.25, 0.3) is 0 Å². The van der Waals surface area contributed by atoms with Crippen LogP contribution in [0.1, 0.15) is 12.5 Å². The maximum atomic E-state index is 12.0. The van der Waals surface area contributed by atoms with Gasteiger partial charge in [-0.3, -0.25) is 4.90 Å². The van der Waals surface area contributed by atoms with Crippen LogP contribution in [0.4, 0.5) is 0 Å². The number of rotatable bonds is 3. The number of hydrogen-bond donors (Lipinski definition) is 1. The first kappa shape index (κ1) is 14.0. The van der Waals surface area contributed by atoms with E-state index in [-0.39, 0.29) is 0 Å². The lowest BCUT2D eigenvalue weighted by Crippen LogP contribution is -2.54. The van der Waals surface area contributed by atoms with E-state index in [0.717, 1.165) is 16.3 Å². The Morgan fingerprint density at radius 3 is 2.48 bits per heavy atom. The van der Waals surface area contributed by atoms with E-state index in [4.69, 9.17) is 4.74 Å². The zero-order valence-corrected chi connectivity index (χ0v) is 12.1. The number of aliphatic carboxylic acids is 1. The van der Waals surface area contributed by atoms with Crippen molar-refractivity contribution in [2.75, 3.05) is 26.3 Å². The Morgan fingerprint density at radius 1 is 1.14 bits per heavy atom. The van der Waals surface area contributed by atoms with Gasteiger partial charge in [-0.2, -0.15) is 0 Å². The minimum absolute atomic E-state index is 0.580. The van der Waals surface area contributed by atoms with E-state index in [1.807, 2.05) is 47.4 Å². The first-order valence-electron chi connectivity index (χ1n) is 7.18. The molecule has 1 aliphatic heterocycles. The van der Waals surface area contributed by atoms with E-state index in [1.54, 1.807) is 6.92 Å². The second-order valence-electron chi connectivity index (χ2n) is 5.54. The van der Waals surface area contributed by atoms with E-state index in [0.29, 0.717) is 26.3 Å². The summed E-state index contributed by atoms with van der Waals surface area (Å²) in [6.07, 6.45) is 0. The lowest BCUT2D eigenvalue weighted by molar-refractivity contribution is -0.154. The highest BCUT2D eigenvalue weighted by molar-refractivity contribution is 5.87. The second kappa shape index (κ2) is 5.47. The Bertz CT molecular complexity index is 664. The zero-order valence-electron chi connectivity index (χ0n) is 12.1. The van der Waals surface area contributed by atoms with Crippen LogP contribution in [0.3, 0.4) is 0 Å². The summed E-state index contributed by atoms with van der Waals surface area (Å²) in [7, 11) is 0. The molecule has 0 aliphatic carbocycles. The molecule has 21 heavy (non-hydrogen) atoms. The van der Waals surface area contributed by atoms with Crippen LogP contribution < -0.4 is 0 Å². The monoisotopic (exact) mass is 285 g/mol. The van der Waals surface area contributed by atoms with Gasteiger partial charge in [0.05, 0.1) is 13.2 Å². The number of morpholine rings is 1. The Balaban J connectivity index is 2.07. The number of hydrogen-bond acceptors (Lipinski definition) is 3. The van der Waals surface area contributed by atoms with Crippen molar-refractivity contribution in [3.63, 3.8) is 0 Å². The third kappa shape index (κ3) is 2.41. The highest BCUT2D eigenvalue weighted by Crippen LogP contribution is 2.31. The van der Waals surface area contributed by atoms with Crippen LogP contribution in [0.5, 0.6) is 0 Å². The zero-order chi connectivity index (χ0) is 14.9. The molecule has 2 aromatic carbocycles. The summed E-state index contributed by atoms with van der Waals surface area (Å²) < 4.78 is 5.35. The van der Waals surface area contributed by atoms with Crippen molar-refractivity contribution in [1.29, 1.82) is 0 Å². The average Bonchev–Trinajstić information content (AvgIpc) is 2.54. The molecule has 1 N–H and O–H groups in total. The number of nitrogens with zero attached hydrogens (tertiary/aromatic N) is 1. The molecular formula is C17H19NO3. The predicted octanol–water partition coefficient (Wildman–Crippen LogP) is 2.47. The first-order chi connectivity index (χ1) is 10.1. The third-order valence-corrected chi connectivity index (χ3v) is 4.37. The smallest absolute Gasteiger partial charge is 0.328 e. The molecule has 1 heterocycles. The molecule has 3 rings (SSSR count). The Labute approximate surface area is 123 Å². The van der Waals surface area contributed by atoms with Crippen LogP contribution in [-0.4, -0.2) is 42.3 Å². The van der Waals surface area contributed by atoms with Crippen molar-refractivity contribution in [3.05, 3.63) is 48.0 Å². The lowest BCUT2D eigenvalue weighted by atomic mass is 9.88. The molecule has 1 atom stereocenters. The second-order valence-corrected chi connectivity index (χ2v) is 5.54. The summed E-state index contributed by atoms with van der Waals surface area (Å²) in [6.45, 7) is 4.21. The standard InChI is InChI=1S/C17H19NO3/c1-17(16(19)20,18-8-10-21-11-9-18)15-7-6-13-4-2-3-5-14(13)12-15/h2-7,12H,8-11H2,1H3,(H,19,20). The molecule has 1 saturated heterocycles. The molecule has 0 bridgehead atoms. The fourth-order valence-electron chi connectivity index (χ4n) is 2.94. The van der Waals surface area contributed by atoms with Gasteiger partial charge in [0.15, 0.2) is 0 Å². The van der Waals surface area contributed by atoms with E-state index < -0.39 is 11.5 Å². The van der Waals surface area contributed by atoms with Crippen LogP contribution in [0.25, 0.3) is 10.8 Å². The summed E-state index contributed by atoms with van der Waals surface area (Å²) in [5.41, 5.74) is -0.205. The Hall–Kier alpha value is -1.91. The van der Waals surface area contributed by atoms with Crippen molar-refractivity contribution in [3.8, 4) is 0 Å². The molecule has 4 heteroatoms. The predicted molar refractivity (Wildman–Crippen MR) is 81.3 cm³/mol. The summed E-state index contributed by atoms with van der Waals surface area (Å²) in [5, 5.41) is 12.0. The molecule has 4 nitrogen and oxygen atoms in total. The summed E-state index contributed by atoms with van der Waals surface area (Å²) >= 11 is 0. The third-order valence-electron chi connectivity index (χ3n) is 4.37. The molecule has 1 fully saturated rings. The minimum atomic E-state index is -1.02. The van der Waals surface area contributed by atoms with Crippen LogP contribution in [-0.2, 0) is 15.1 Å². The van der Waals surface area contributed by atoms with Gasteiger partial charge in [0, 0.05) is 13.1 Å². The molecular weight excluding hydrogens is 266 g/mol. The van der Waals surface area contributed by atoms with E-state index >= 15 is 0 Å². The minimum Gasteiger partial charge on any atom is -0.480 e. The van der Waals surface area contributed by atoms with E-state index in [1.165, 1.54) is 0 Å². The topological polar surface area (TPSA) is 49.8 Å². The quantitative estimate of drug-likeness (QED) is 0.941. The van der Waals surface area contributed by atoms with Gasteiger partial charge in [-0.15, -0.1) is 0 Å². The summed E-state index contributed by atoms with van der Waals surface area (Å²) in [4.78, 5) is 14.0. The maximum Gasteiger partial charge on any atom is 0.328 e. The lowest BCUT2D eigenvalue weighted by Gasteiger charge is -2.40. The van der Waals surface area contributed by atoms with E-state index in [9.17, 15) is 9.90 Å². The first-order valence-corrected chi connectivity index (χ1v) is 7.18. The molecule has 1 aliphatic rings. The van der Waals surface area contributed by atoms with Gasteiger partial charge in [-0.1, -0.05) is 36.4 Å². The van der Waals surface area contributed by atoms with Crippen molar-refractivity contribution in [2.45, 2.75) is 12.5 Å². The molecule has 110 valence electrons. The average molecular weight is 285 g/mol. The van der Waals surface area contributed by atoms with Crippen molar-refractivity contribution >= 4 is 16.7 Å².